The van der Waals surface area contributed by atoms with E-state index in [1.807, 2.05) is 7.05 Å². The van der Waals surface area contributed by atoms with Crippen molar-refractivity contribution in [2.75, 3.05) is 13.6 Å². The third-order valence-corrected chi connectivity index (χ3v) is 2.58. The van der Waals surface area contributed by atoms with Crippen LogP contribution in [0.1, 0.15) is 32.1 Å². The summed E-state index contributed by atoms with van der Waals surface area (Å²) in [5, 5.41) is 2.98. The average Bonchev–Trinajstić information content (AvgIpc) is 2.52. The molecule has 0 aromatic carbocycles. The van der Waals surface area contributed by atoms with Crippen molar-refractivity contribution in [3.8, 4) is 0 Å². The summed E-state index contributed by atoms with van der Waals surface area (Å²) in [5.41, 5.74) is 0. The average molecular weight is 159 g/mol. The van der Waals surface area contributed by atoms with Crippen LogP contribution in [0.15, 0.2) is 0 Å². The number of halogens is 1. The van der Waals surface area contributed by atoms with Gasteiger partial charge < -0.3 is 5.32 Å². The molecule has 1 atom stereocenters. The van der Waals surface area contributed by atoms with Gasteiger partial charge in [-0.2, -0.15) is 0 Å². The molecule has 1 nitrogen and oxygen atoms in total. The lowest BCUT2D eigenvalue weighted by atomic mass is 10.00. The van der Waals surface area contributed by atoms with E-state index in [2.05, 4.69) is 5.32 Å². The second-order valence-corrected chi connectivity index (χ2v) is 3.45. The highest BCUT2D eigenvalue weighted by molar-refractivity contribution is 4.75. The normalized spacial score (nSPS) is 22.4. The zero-order valence-corrected chi connectivity index (χ0v) is 7.28. The van der Waals surface area contributed by atoms with Crippen molar-refractivity contribution in [1.29, 1.82) is 0 Å². The summed E-state index contributed by atoms with van der Waals surface area (Å²) >= 11 is 0. The molecule has 0 aliphatic heterocycles. The van der Waals surface area contributed by atoms with E-state index in [-0.39, 0.29) is 0 Å². The van der Waals surface area contributed by atoms with Crippen molar-refractivity contribution < 1.29 is 4.39 Å². The fourth-order valence-corrected chi connectivity index (χ4v) is 1.84. The Balaban J connectivity index is 2.12. The van der Waals surface area contributed by atoms with E-state index in [0.717, 1.165) is 19.4 Å². The SMILES string of the molecule is CNCCC(F)C1CCCC1. The van der Waals surface area contributed by atoms with Gasteiger partial charge in [-0.3, -0.25) is 0 Å². The van der Waals surface area contributed by atoms with Gasteiger partial charge in [0.05, 0.1) is 0 Å². The monoisotopic (exact) mass is 159 g/mol. The number of nitrogens with one attached hydrogen (secondary N) is 1. The first-order valence-electron chi connectivity index (χ1n) is 4.63. The number of hydrogen-bond acceptors (Lipinski definition) is 1. The molecule has 1 aliphatic rings. The van der Waals surface area contributed by atoms with Crippen LogP contribution in [0, 0.1) is 5.92 Å². The Labute approximate surface area is 68.4 Å². The maximum absolute atomic E-state index is 13.3. The predicted octanol–water partition coefficient (Wildman–Crippen LogP) is 2.12. The highest BCUT2D eigenvalue weighted by Crippen LogP contribution is 2.30. The van der Waals surface area contributed by atoms with Gasteiger partial charge in [0.15, 0.2) is 0 Å². The maximum Gasteiger partial charge on any atom is 0.104 e. The molecule has 0 bridgehead atoms. The van der Waals surface area contributed by atoms with E-state index in [9.17, 15) is 4.39 Å². The summed E-state index contributed by atoms with van der Waals surface area (Å²) in [6.45, 7) is 0.817. The lowest BCUT2D eigenvalue weighted by Gasteiger charge is -2.14. The summed E-state index contributed by atoms with van der Waals surface area (Å²) in [6.07, 6.45) is 4.86. The fraction of sp³-hybridized carbons (Fsp3) is 1.00. The maximum atomic E-state index is 13.3. The molecule has 1 unspecified atom stereocenters. The molecule has 11 heavy (non-hydrogen) atoms. The molecule has 0 radical (unpaired) electrons. The van der Waals surface area contributed by atoms with Gasteiger partial charge in [0, 0.05) is 0 Å². The quantitative estimate of drug-likeness (QED) is 0.662. The Morgan fingerprint density at radius 2 is 2.09 bits per heavy atom. The largest absolute Gasteiger partial charge is 0.320 e. The minimum atomic E-state index is -0.551. The topological polar surface area (TPSA) is 12.0 Å². The molecule has 2 heteroatoms. The van der Waals surface area contributed by atoms with Gasteiger partial charge in [0.2, 0.25) is 0 Å². The lowest BCUT2D eigenvalue weighted by Crippen LogP contribution is -2.19. The first-order chi connectivity index (χ1) is 5.34. The Hall–Kier alpha value is -0.110. The van der Waals surface area contributed by atoms with E-state index in [1.54, 1.807) is 0 Å². The van der Waals surface area contributed by atoms with Crippen LogP contribution in [0.3, 0.4) is 0 Å². The Morgan fingerprint density at radius 3 is 2.64 bits per heavy atom. The van der Waals surface area contributed by atoms with Crippen LogP contribution in [0.25, 0.3) is 0 Å². The number of hydrogen-bond donors (Lipinski definition) is 1. The minimum Gasteiger partial charge on any atom is -0.320 e. The van der Waals surface area contributed by atoms with Crippen LogP contribution in [-0.4, -0.2) is 19.8 Å². The fourth-order valence-electron chi connectivity index (χ4n) is 1.84. The van der Waals surface area contributed by atoms with E-state index in [1.165, 1.54) is 12.8 Å². The highest BCUT2D eigenvalue weighted by Gasteiger charge is 2.23. The third kappa shape index (κ3) is 2.78. The molecule has 1 saturated carbocycles. The standard InChI is InChI=1S/C9H18FN/c1-11-7-6-9(10)8-4-2-3-5-8/h8-9,11H,2-7H2,1H3. The summed E-state index contributed by atoms with van der Waals surface area (Å²) < 4.78 is 13.3. The molecule has 1 rings (SSSR count). The third-order valence-electron chi connectivity index (χ3n) is 2.58. The van der Waals surface area contributed by atoms with Gasteiger partial charge in [-0.25, -0.2) is 4.39 Å². The van der Waals surface area contributed by atoms with Gasteiger partial charge in [-0.05, 0) is 38.8 Å². The Morgan fingerprint density at radius 1 is 1.45 bits per heavy atom. The van der Waals surface area contributed by atoms with Crippen molar-refractivity contribution in [3.63, 3.8) is 0 Å². The van der Waals surface area contributed by atoms with Gasteiger partial charge >= 0.3 is 0 Å². The first kappa shape index (κ1) is 8.98. The molecule has 1 fully saturated rings. The zero-order chi connectivity index (χ0) is 8.10. The summed E-state index contributed by atoms with van der Waals surface area (Å²) in [6, 6.07) is 0. The van der Waals surface area contributed by atoms with Crippen LogP contribution in [0.5, 0.6) is 0 Å². The van der Waals surface area contributed by atoms with Crippen molar-refractivity contribution in [2.24, 2.45) is 5.92 Å². The van der Waals surface area contributed by atoms with Crippen molar-refractivity contribution >= 4 is 0 Å². The number of rotatable bonds is 4. The van der Waals surface area contributed by atoms with E-state index < -0.39 is 6.17 Å². The van der Waals surface area contributed by atoms with Gasteiger partial charge in [0.25, 0.3) is 0 Å². The molecule has 0 aromatic heterocycles. The summed E-state index contributed by atoms with van der Waals surface area (Å²) in [7, 11) is 1.88. The molecule has 0 heterocycles. The zero-order valence-electron chi connectivity index (χ0n) is 7.28. The van der Waals surface area contributed by atoms with Crippen molar-refractivity contribution in [3.05, 3.63) is 0 Å². The Bertz CT molecular complexity index is 99.7. The van der Waals surface area contributed by atoms with Gasteiger partial charge in [-0.1, -0.05) is 12.8 Å². The van der Waals surface area contributed by atoms with Crippen LogP contribution in [0.4, 0.5) is 4.39 Å². The molecule has 1 aliphatic carbocycles. The molecular formula is C9H18FN. The van der Waals surface area contributed by atoms with E-state index in [0.29, 0.717) is 12.3 Å². The van der Waals surface area contributed by atoms with Gasteiger partial charge in [0.1, 0.15) is 6.17 Å². The smallest absolute Gasteiger partial charge is 0.104 e. The van der Waals surface area contributed by atoms with Crippen molar-refractivity contribution in [2.45, 2.75) is 38.3 Å². The molecule has 0 spiro atoms. The second-order valence-electron chi connectivity index (χ2n) is 3.45. The summed E-state index contributed by atoms with van der Waals surface area (Å²) in [5.74, 6) is 0.378. The molecule has 1 N–H and O–H groups in total. The van der Waals surface area contributed by atoms with Crippen LogP contribution >= 0.6 is 0 Å². The Kier molecular flexibility index (Phi) is 3.84. The van der Waals surface area contributed by atoms with E-state index in [4.69, 9.17) is 0 Å². The molecule has 0 amide bonds. The molecule has 0 aromatic rings. The van der Waals surface area contributed by atoms with E-state index >= 15 is 0 Å². The van der Waals surface area contributed by atoms with Crippen molar-refractivity contribution in [1.82, 2.24) is 5.32 Å². The van der Waals surface area contributed by atoms with Gasteiger partial charge in [-0.15, -0.1) is 0 Å². The molecule has 66 valence electrons. The van der Waals surface area contributed by atoms with Crippen LogP contribution in [-0.2, 0) is 0 Å². The second kappa shape index (κ2) is 4.70. The minimum absolute atomic E-state index is 0.378. The molecular weight excluding hydrogens is 141 g/mol. The summed E-state index contributed by atoms with van der Waals surface area (Å²) in [4.78, 5) is 0. The lowest BCUT2D eigenvalue weighted by molar-refractivity contribution is 0.217. The van der Waals surface area contributed by atoms with Crippen LogP contribution in [0.2, 0.25) is 0 Å². The number of alkyl halides is 1. The predicted molar refractivity (Wildman–Crippen MR) is 45.4 cm³/mol. The van der Waals surface area contributed by atoms with Crippen LogP contribution < -0.4 is 5.32 Å². The molecule has 0 saturated heterocycles. The highest BCUT2D eigenvalue weighted by atomic mass is 19.1. The first-order valence-corrected chi connectivity index (χ1v) is 4.63.